The lowest BCUT2D eigenvalue weighted by Crippen LogP contribution is -2.34. The van der Waals surface area contributed by atoms with Crippen LogP contribution in [-0.4, -0.2) is 39.5 Å². The van der Waals surface area contributed by atoms with Crippen molar-refractivity contribution in [3.8, 4) is 5.75 Å². The fraction of sp³-hybridized carbons (Fsp3) is 0.273. The molecule has 0 bridgehead atoms. The van der Waals surface area contributed by atoms with Crippen molar-refractivity contribution in [1.29, 1.82) is 0 Å². The number of benzene rings is 1. The summed E-state index contributed by atoms with van der Waals surface area (Å²) in [4.78, 5) is 25.6. The third-order valence-electron chi connectivity index (χ3n) is 5.30. The van der Waals surface area contributed by atoms with Crippen LogP contribution in [0.3, 0.4) is 0 Å². The van der Waals surface area contributed by atoms with Gasteiger partial charge < -0.3 is 29.1 Å². The normalized spacial score (nSPS) is 23.0. The molecule has 0 amide bonds. The maximum absolute atomic E-state index is 13.0. The zero-order chi connectivity index (χ0) is 21.4. The fourth-order valence-electron chi connectivity index (χ4n) is 3.87. The van der Waals surface area contributed by atoms with E-state index in [0.29, 0.717) is 16.5 Å². The standard InChI is InChI=1S/C22H21NO7/c1-26-14-9-8-11(10-15(14)27-2)16-17-19(30-20(23)18(16)21(24)28-3)12-6-4-5-7-13(12)29-22(17)25/h4-10,14-16H,23H2,1-3H3/t14-,15+,16+/m1/s1. The first-order chi connectivity index (χ1) is 14.5. The molecule has 0 saturated carbocycles. The molecule has 2 aliphatic rings. The number of rotatable bonds is 4. The molecular weight excluding hydrogens is 390 g/mol. The fourth-order valence-corrected chi connectivity index (χ4v) is 3.87. The van der Waals surface area contributed by atoms with E-state index in [1.807, 2.05) is 0 Å². The van der Waals surface area contributed by atoms with Crippen molar-refractivity contribution in [3.05, 3.63) is 75.5 Å². The van der Waals surface area contributed by atoms with E-state index in [-0.39, 0.29) is 28.9 Å². The van der Waals surface area contributed by atoms with E-state index in [1.54, 1.807) is 56.7 Å². The minimum atomic E-state index is -0.853. The number of fused-ring (bicyclic) bond motifs is 3. The molecule has 3 atom stereocenters. The largest absolute Gasteiger partial charge is 0.465 e. The second kappa shape index (κ2) is 7.81. The third-order valence-corrected chi connectivity index (χ3v) is 5.30. The van der Waals surface area contributed by atoms with E-state index in [0.717, 1.165) is 0 Å². The Balaban J connectivity index is 1.99. The SMILES string of the molecule is COC(=O)C1=C(N)Oc2c(c(=O)oc3ccccc23)[C@@H]1C1=C[C@H](OC)[C@H](OC)C=C1. The highest BCUT2D eigenvalue weighted by molar-refractivity contribution is 5.94. The lowest BCUT2D eigenvalue weighted by atomic mass is 9.80. The van der Waals surface area contributed by atoms with E-state index in [9.17, 15) is 9.59 Å². The molecule has 1 aliphatic heterocycles. The Morgan fingerprint density at radius 2 is 1.83 bits per heavy atom. The van der Waals surface area contributed by atoms with Gasteiger partial charge in [0, 0.05) is 14.2 Å². The van der Waals surface area contributed by atoms with Gasteiger partial charge in [-0.1, -0.05) is 24.3 Å². The van der Waals surface area contributed by atoms with E-state index in [2.05, 4.69) is 0 Å². The molecule has 0 fully saturated rings. The number of methoxy groups -OCH3 is 3. The predicted octanol–water partition coefficient (Wildman–Crippen LogP) is 2.14. The highest BCUT2D eigenvalue weighted by Gasteiger charge is 2.40. The Morgan fingerprint density at radius 1 is 1.10 bits per heavy atom. The molecule has 2 heterocycles. The number of nitrogens with two attached hydrogens (primary N) is 1. The van der Waals surface area contributed by atoms with Crippen LogP contribution < -0.4 is 16.1 Å². The maximum atomic E-state index is 13.0. The lowest BCUT2D eigenvalue weighted by molar-refractivity contribution is -0.136. The Labute approximate surface area is 172 Å². The third kappa shape index (κ3) is 3.10. The first-order valence-corrected chi connectivity index (χ1v) is 9.27. The van der Waals surface area contributed by atoms with Gasteiger partial charge >= 0.3 is 11.6 Å². The Bertz CT molecular complexity index is 1160. The average molecular weight is 411 g/mol. The van der Waals surface area contributed by atoms with E-state index in [4.69, 9.17) is 29.1 Å². The van der Waals surface area contributed by atoms with Crippen LogP contribution in [0.2, 0.25) is 0 Å². The van der Waals surface area contributed by atoms with Gasteiger partial charge in [-0.15, -0.1) is 0 Å². The molecule has 1 aliphatic carbocycles. The molecule has 2 aromatic rings. The second-order valence-electron chi connectivity index (χ2n) is 6.86. The van der Waals surface area contributed by atoms with Gasteiger partial charge in [0.05, 0.1) is 24.0 Å². The summed E-state index contributed by atoms with van der Waals surface area (Å²) in [6.45, 7) is 0. The smallest absolute Gasteiger partial charge is 0.344 e. The van der Waals surface area contributed by atoms with Crippen LogP contribution in [0, 0.1) is 0 Å². The van der Waals surface area contributed by atoms with Crippen LogP contribution in [0.1, 0.15) is 11.5 Å². The average Bonchev–Trinajstić information content (AvgIpc) is 2.77. The summed E-state index contributed by atoms with van der Waals surface area (Å²) in [5.41, 5.74) is 6.69. The van der Waals surface area contributed by atoms with Gasteiger partial charge in [0.1, 0.15) is 23.4 Å². The van der Waals surface area contributed by atoms with E-state index in [1.165, 1.54) is 7.11 Å². The second-order valence-corrected chi connectivity index (χ2v) is 6.86. The van der Waals surface area contributed by atoms with Gasteiger partial charge in [-0.3, -0.25) is 0 Å². The molecule has 30 heavy (non-hydrogen) atoms. The molecule has 4 rings (SSSR count). The molecule has 0 unspecified atom stereocenters. The molecule has 0 saturated heterocycles. The topological polar surface area (TPSA) is 110 Å². The molecule has 156 valence electrons. The number of para-hydroxylation sites is 1. The van der Waals surface area contributed by atoms with Crippen LogP contribution in [0.5, 0.6) is 5.75 Å². The van der Waals surface area contributed by atoms with Crippen LogP contribution in [-0.2, 0) is 19.0 Å². The highest BCUT2D eigenvalue weighted by atomic mass is 16.5. The number of allylic oxidation sites excluding steroid dienone is 2. The molecule has 8 heteroatoms. The quantitative estimate of drug-likeness (QED) is 0.602. The van der Waals surface area contributed by atoms with Crippen molar-refractivity contribution in [1.82, 2.24) is 0 Å². The van der Waals surface area contributed by atoms with Gasteiger partial charge in [0.15, 0.2) is 5.75 Å². The first-order valence-electron chi connectivity index (χ1n) is 9.27. The number of hydrogen-bond donors (Lipinski definition) is 1. The lowest BCUT2D eigenvalue weighted by Gasteiger charge is -2.31. The van der Waals surface area contributed by atoms with Gasteiger partial charge in [-0.05, 0) is 23.8 Å². The zero-order valence-corrected chi connectivity index (χ0v) is 16.7. The minimum Gasteiger partial charge on any atom is -0.465 e. The van der Waals surface area contributed by atoms with E-state index >= 15 is 0 Å². The molecular formula is C22H21NO7. The summed E-state index contributed by atoms with van der Waals surface area (Å²) < 4.78 is 27.1. The molecule has 2 N–H and O–H groups in total. The van der Waals surface area contributed by atoms with Gasteiger partial charge in [-0.25, -0.2) is 9.59 Å². The highest BCUT2D eigenvalue weighted by Crippen LogP contribution is 2.45. The van der Waals surface area contributed by atoms with Crippen LogP contribution in [0.25, 0.3) is 11.0 Å². The molecule has 8 nitrogen and oxygen atoms in total. The van der Waals surface area contributed by atoms with Crippen molar-refractivity contribution in [2.24, 2.45) is 5.73 Å². The first kappa shape index (κ1) is 19.9. The number of carbonyl (C=O) groups is 1. The van der Waals surface area contributed by atoms with Crippen molar-refractivity contribution in [2.45, 2.75) is 18.1 Å². The summed E-state index contributed by atoms with van der Waals surface area (Å²) in [6, 6.07) is 6.96. The number of esters is 1. The number of hydrogen-bond acceptors (Lipinski definition) is 8. The van der Waals surface area contributed by atoms with E-state index < -0.39 is 23.6 Å². The van der Waals surface area contributed by atoms with Crippen molar-refractivity contribution < 1.29 is 28.2 Å². The Hall–Kier alpha value is -3.36. The van der Waals surface area contributed by atoms with Crippen LogP contribution in [0.4, 0.5) is 0 Å². The minimum absolute atomic E-state index is 0.0224. The molecule has 0 radical (unpaired) electrons. The summed E-state index contributed by atoms with van der Waals surface area (Å²) in [7, 11) is 4.36. The Kier molecular flexibility index (Phi) is 5.19. The monoisotopic (exact) mass is 411 g/mol. The Morgan fingerprint density at radius 3 is 2.53 bits per heavy atom. The number of ether oxygens (including phenoxy) is 4. The van der Waals surface area contributed by atoms with Crippen LogP contribution in [0.15, 0.2) is 68.7 Å². The maximum Gasteiger partial charge on any atom is 0.344 e. The summed E-state index contributed by atoms with van der Waals surface area (Å²) >= 11 is 0. The zero-order valence-electron chi connectivity index (χ0n) is 16.7. The van der Waals surface area contributed by atoms with Crippen molar-refractivity contribution in [2.75, 3.05) is 21.3 Å². The predicted molar refractivity (Wildman–Crippen MR) is 108 cm³/mol. The molecule has 1 aromatic heterocycles. The molecule has 0 spiro atoms. The van der Waals surface area contributed by atoms with Crippen molar-refractivity contribution in [3.63, 3.8) is 0 Å². The van der Waals surface area contributed by atoms with Crippen molar-refractivity contribution >= 4 is 16.9 Å². The van der Waals surface area contributed by atoms with Gasteiger partial charge in [0.2, 0.25) is 5.88 Å². The van der Waals surface area contributed by atoms with Crippen LogP contribution >= 0.6 is 0 Å². The summed E-state index contributed by atoms with van der Waals surface area (Å²) in [5, 5.41) is 0.572. The summed E-state index contributed by atoms with van der Waals surface area (Å²) in [5.74, 6) is -1.43. The summed E-state index contributed by atoms with van der Waals surface area (Å²) in [6.07, 6.45) is 4.63. The van der Waals surface area contributed by atoms with Gasteiger partial charge in [-0.2, -0.15) is 0 Å². The van der Waals surface area contributed by atoms with Gasteiger partial charge in [0.25, 0.3) is 0 Å². The molecule has 1 aromatic carbocycles. The number of carbonyl (C=O) groups excluding carboxylic acids is 1.